The number of pyridine rings is 1. The maximum Gasteiger partial charge on any atom is 0.290 e. The Morgan fingerprint density at radius 3 is 2.53 bits per heavy atom. The van der Waals surface area contributed by atoms with Gasteiger partial charge in [-0.15, -0.1) is 0 Å². The molecule has 0 radical (unpaired) electrons. The average molecular weight is 465 g/mol. The van der Waals surface area contributed by atoms with Gasteiger partial charge in [-0.25, -0.2) is 0 Å². The normalized spacial score (nSPS) is 20.7. The Morgan fingerprint density at radius 2 is 1.88 bits per heavy atom. The standard InChI is InChI=1S/C25H30N4O2.CH2O2/c1-28-17-22(9-10-23(18-28)27-24(30)21-8-5-13-26-16-21)25(31)29-14-11-20(12-15-29)19-6-3-2-4-7-19;2-1-3/h2-8,11,13,16,22-23H,9-10,12,14-15,17-18H2,1H3,(H,27,30);1H,(H,2,3)/t22-,23+;/m1./s1. The number of likely N-dealkylation sites (tertiary alicyclic amines) is 1. The number of hydrogen-bond acceptors (Lipinski definition) is 5. The summed E-state index contributed by atoms with van der Waals surface area (Å²) < 4.78 is 0. The summed E-state index contributed by atoms with van der Waals surface area (Å²) in [6.45, 7) is 2.66. The Bertz CT molecular complexity index is 981. The highest BCUT2D eigenvalue weighted by Gasteiger charge is 2.31. The van der Waals surface area contributed by atoms with Gasteiger partial charge in [-0.1, -0.05) is 36.4 Å². The quantitative estimate of drug-likeness (QED) is 0.674. The van der Waals surface area contributed by atoms with Crippen LogP contribution < -0.4 is 5.32 Å². The van der Waals surface area contributed by atoms with Crippen molar-refractivity contribution in [2.75, 3.05) is 33.2 Å². The summed E-state index contributed by atoms with van der Waals surface area (Å²) in [6, 6.07) is 13.9. The minimum atomic E-state index is -0.250. The molecular weight excluding hydrogens is 432 g/mol. The number of nitrogens with one attached hydrogen (secondary N) is 1. The van der Waals surface area contributed by atoms with Crippen molar-refractivity contribution < 1.29 is 19.5 Å². The van der Waals surface area contributed by atoms with Crippen LogP contribution in [0, 0.1) is 5.92 Å². The van der Waals surface area contributed by atoms with E-state index in [0.717, 1.165) is 38.9 Å². The number of carbonyl (C=O) groups excluding carboxylic acids is 2. The lowest BCUT2D eigenvalue weighted by molar-refractivity contribution is -0.135. The summed E-state index contributed by atoms with van der Waals surface area (Å²) in [4.78, 5) is 42.2. The topological polar surface area (TPSA) is 103 Å². The van der Waals surface area contributed by atoms with Crippen LogP contribution in [0.3, 0.4) is 0 Å². The van der Waals surface area contributed by atoms with Crippen molar-refractivity contribution in [2.24, 2.45) is 5.92 Å². The van der Waals surface area contributed by atoms with Crippen LogP contribution in [0.5, 0.6) is 0 Å². The van der Waals surface area contributed by atoms with Crippen molar-refractivity contribution in [3.63, 3.8) is 0 Å². The second-order valence-electron chi connectivity index (χ2n) is 8.64. The molecule has 3 heterocycles. The van der Waals surface area contributed by atoms with Crippen molar-refractivity contribution in [3.05, 3.63) is 72.1 Å². The second kappa shape index (κ2) is 12.6. The Balaban J connectivity index is 0.00000103. The molecule has 1 aromatic heterocycles. The number of rotatable bonds is 4. The van der Waals surface area contributed by atoms with Gasteiger partial charge in [-0.2, -0.15) is 0 Å². The third-order valence-corrected chi connectivity index (χ3v) is 6.20. The van der Waals surface area contributed by atoms with Crippen molar-refractivity contribution >= 4 is 23.9 Å². The zero-order valence-corrected chi connectivity index (χ0v) is 19.5. The molecule has 1 aromatic carbocycles. The molecule has 2 aliphatic rings. The van der Waals surface area contributed by atoms with Crippen LogP contribution in [0.2, 0.25) is 0 Å². The van der Waals surface area contributed by atoms with Gasteiger partial charge in [0.15, 0.2) is 0 Å². The molecule has 4 rings (SSSR count). The fourth-order valence-electron chi connectivity index (χ4n) is 4.54. The molecule has 0 unspecified atom stereocenters. The molecule has 1 saturated heterocycles. The predicted octanol–water partition coefficient (Wildman–Crippen LogP) is 2.54. The first-order chi connectivity index (χ1) is 16.5. The smallest absolute Gasteiger partial charge is 0.290 e. The van der Waals surface area contributed by atoms with E-state index in [-0.39, 0.29) is 30.2 Å². The van der Waals surface area contributed by atoms with Gasteiger partial charge in [0.05, 0.1) is 11.5 Å². The first-order valence-electron chi connectivity index (χ1n) is 11.5. The van der Waals surface area contributed by atoms with Gasteiger partial charge in [0.2, 0.25) is 5.91 Å². The number of likely N-dealkylation sites (N-methyl/N-ethyl adjacent to an activating group) is 1. The van der Waals surface area contributed by atoms with Crippen molar-refractivity contribution in [1.82, 2.24) is 20.1 Å². The minimum Gasteiger partial charge on any atom is -0.483 e. The molecule has 0 spiro atoms. The lowest BCUT2D eigenvalue weighted by atomic mass is 9.96. The summed E-state index contributed by atoms with van der Waals surface area (Å²) >= 11 is 0. The number of benzene rings is 1. The van der Waals surface area contributed by atoms with E-state index >= 15 is 0 Å². The maximum absolute atomic E-state index is 13.2. The van der Waals surface area contributed by atoms with Gasteiger partial charge < -0.3 is 20.2 Å². The molecule has 2 amide bonds. The zero-order valence-electron chi connectivity index (χ0n) is 19.5. The molecule has 0 saturated carbocycles. The van der Waals surface area contributed by atoms with Crippen LogP contribution in [0.1, 0.15) is 35.2 Å². The Kier molecular flexibility index (Phi) is 9.34. The van der Waals surface area contributed by atoms with Crippen LogP contribution in [-0.2, 0) is 9.59 Å². The third-order valence-electron chi connectivity index (χ3n) is 6.20. The fourth-order valence-corrected chi connectivity index (χ4v) is 4.54. The van der Waals surface area contributed by atoms with E-state index in [9.17, 15) is 9.59 Å². The minimum absolute atomic E-state index is 0.0291. The van der Waals surface area contributed by atoms with E-state index in [2.05, 4.69) is 45.5 Å². The number of carboxylic acid groups (broad SMARTS) is 1. The molecule has 8 nitrogen and oxygen atoms in total. The second-order valence-corrected chi connectivity index (χ2v) is 8.64. The van der Waals surface area contributed by atoms with E-state index < -0.39 is 0 Å². The molecule has 2 atom stereocenters. The van der Waals surface area contributed by atoms with E-state index in [1.165, 1.54) is 11.1 Å². The van der Waals surface area contributed by atoms with Crippen molar-refractivity contribution in [1.29, 1.82) is 0 Å². The summed E-state index contributed by atoms with van der Waals surface area (Å²) in [5.41, 5.74) is 3.13. The van der Waals surface area contributed by atoms with Crippen molar-refractivity contribution in [3.8, 4) is 0 Å². The molecular formula is C26H32N4O4. The van der Waals surface area contributed by atoms with Crippen LogP contribution >= 0.6 is 0 Å². The molecule has 8 heteroatoms. The first-order valence-corrected chi connectivity index (χ1v) is 11.5. The van der Waals surface area contributed by atoms with E-state index in [1.54, 1.807) is 24.5 Å². The van der Waals surface area contributed by atoms with Gasteiger partial charge in [0, 0.05) is 44.6 Å². The molecule has 2 N–H and O–H groups in total. The number of aromatic nitrogens is 1. The average Bonchev–Trinajstić information content (AvgIpc) is 3.06. The Labute approximate surface area is 200 Å². The highest BCUT2D eigenvalue weighted by Crippen LogP contribution is 2.25. The number of amides is 2. The number of hydrogen-bond donors (Lipinski definition) is 2. The fraction of sp³-hybridized carbons (Fsp3) is 0.385. The van der Waals surface area contributed by atoms with Gasteiger partial charge >= 0.3 is 0 Å². The van der Waals surface area contributed by atoms with E-state index in [4.69, 9.17) is 9.90 Å². The lowest BCUT2D eigenvalue weighted by Crippen LogP contribution is -2.43. The molecule has 180 valence electrons. The van der Waals surface area contributed by atoms with Crippen molar-refractivity contribution in [2.45, 2.75) is 25.3 Å². The van der Waals surface area contributed by atoms with E-state index in [1.807, 2.05) is 18.0 Å². The lowest BCUT2D eigenvalue weighted by Gasteiger charge is -2.30. The largest absolute Gasteiger partial charge is 0.483 e. The summed E-state index contributed by atoms with van der Waals surface area (Å²) in [5, 5.41) is 10.0. The van der Waals surface area contributed by atoms with Crippen LogP contribution in [0.4, 0.5) is 0 Å². The highest BCUT2D eigenvalue weighted by molar-refractivity contribution is 5.94. The third kappa shape index (κ3) is 6.99. The molecule has 34 heavy (non-hydrogen) atoms. The SMILES string of the molecule is CN1C[C@@H](NC(=O)c2cccnc2)CC[C@@H](C(=O)N2CC=C(c3ccccc3)CC2)C1.O=CO. The Morgan fingerprint density at radius 1 is 1.12 bits per heavy atom. The summed E-state index contributed by atoms with van der Waals surface area (Å²) in [6.07, 6.45) is 7.90. The molecule has 1 fully saturated rings. The van der Waals surface area contributed by atoms with Crippen LogP contribution in [0.25, 0.3) is 5.57 Å². The zero-order chi connectivity index (χ0) is 24.3. The molecule has 0 bridgehead atoms. The number of carbonyl (C=O) groups is 3. The number of nitrogens with zero attached hydrogens (tertiary/aromatic N) is 3. The van der Waals surface area contributed by atoms with Crippen LogP contribution in [0.15, 0.2) is 60.9 Å². The van der Waals surface area contributed by atoms with E-state index in [0.29, 0.717) is 12.1 Å². The van der Waals surface area contributed by atoms with Gasteiger partial charge in [-0.3, -0.25) is 19.4 Å². The van der Waals surface area contributed by atoms with Crippen LogP contribution in [-0.4, -0.2) is 77.4 Å². The predicted molar refractivity (Wildman–Crippen MR) is 130 cm³/mol. The summed E-state index contributed by atoms with van der Waals surface area (Å²) in [7, 11) is 2.03. The first kappa shape index (κ1) is 25.1. The van der Waals surface area contributed by atoms with Gasteiger partial charge in [0.1, 0.15) is 0 Å². The maximum atomic E-state index is 13.2. The molecule has 0 aliphatic carbocycles. The van der Waals surface area contributed by atoms with Gasteiger partial charge in [-0.05, 0) is 49.6 Å². The molecule has 2 aromatic rings. The Hall–Kier alpha value is -3.52. The highest BCUT2D eigenvalue weighted by atomic mass is 16.3. The molecule has 2 aliphatic heterocycles. The van der Waals surface area contributed by atoms with Gasteiger partial charge in [0.25, 0.3) is 12.4 Å². The summed E-state index contributed by atoms with van der Waals surface area (Å²) in [5.74, 6) is 0.0947. The monoisotopic (exact) mass is 464 g/mol.